The van der Waals surface area contributed by atoms with Crippen LogP contribution >= 0.6 is 0 Å². The zero-order chi connectivity index (χ0) is 18.0. The van der Waals surface area contributed by atoms with Crippen LogP contribution in [0.5, 0.6) is 5.75 Å². The topological polar surface area (TPSA) is 68.2 Å². The van der Waals surface area contributed by atoms with Crippen LogP contribution in [0.25, 0.3) is 0 Å². The minimum atomic E-state index is -0.763. The molecule has 7 heteroatoms. The molecule has 1 amide bonds. The van der Waals surface area contributed by atoms with Crippen LogP contribution in [0, 0.1) is 5.82 Å². The smallest absolute Gasteiger partial charge is 0.308 e. The van der Waals surface area contributed by atoms with Gasteiger partial charge in [0.25, 0.3) is 0 Å². The lowest BCUT2D eigenvalue weighted by molar-refractivity contribution is -0.135. The molecule has 0 bridgehead atoms. The quantitative estimate of drug-likeness (QED) is 0.635. The second-order valence-corrected chi connectivity index (χ2v) is 5.41. The number of nitrogens with zero attached hydrogens (tertiary/aromatic N) is 2. The minimum Gasteiger partial charge on any atom is -0.446 e. The number of hydrogen-bond acceptors (Lipinski definition) is 5. The third-order valence-electron chi connectivity index (χ3n) is 3.48. The second-order valence-electron chi connectivity index (χ2n) is 5.41. The number of benzene rings is 2. The molecular formula is C18H15FN2O4. The van der Waals surface area contributed by atoms with E-state index in [9.17, 15) is 14.0 Å². The van der Waals surface area contributed by atoms with Gasteiger partial charge in [-0.05, 0) is 36.4 Å². The number of hydrazone groups is 1. The maximum Gasteiger partial charge on any atom is 0.308 e. The fraction of sp³-hybridized carbons (Fsp3) is 0.167. The largest absolute Gasteiger partial charge is 0.446 e. The Hall–Kier alpha value is -3.22. The van der Waals surface area contributed by atoms with Gasteiger partial charge in [0.15, 0.2) is 0 Å². The van der Waals surface area contributed by atoms with Crippen LogP contribution < -0.4 is 4.74 Å². The lowest BCUT2D eigenvalue weighted by Crippen LogP contribution is -2.25. The predicted octanol–water partition coefficient (Wildman–Crippen LogP) is 2.99. The molecule has 3 rings (SSSR count). The van der Waals surface area contributed by atoms with Crippen LogP contribution in [0.1, 0.15) is 31.2 Å². The summed E-state index contributed by atoms with van der Waals surface area (Å²) >= 11 is 0. The SMILES string of the molecule is CC(=O)Oc1ccc(C2=NN(C(C)=O)[C@H](c3ccc(F)cc3)O2)cc1. The van der Waals surface area contributed by atoms with Crippen molar-refractivity contribution in [2.24, 2.45) is 5.10 Å². The summed E-state index contributed by atoms with van der Waals surface area (Å²) in [7, 11) is 0. The third kappa shape index (κ3) is 3.65. The molecule has 0 aliphatic carbocycles. The van der Waals surface area contributed by atoms with Crippen LogP contribution in [0.2, 0.25) is 0 Å². The molecule has 1 aliphatic heterocycles. The fourth-order valence-electron chi connectivity index (χ4n) is 2.36. The van der Waals surface area contributed by atoms with Gasteiger partial charge in [-0.3, -0.25) is 9.59 Å². The fourth-order valence-corrected chi connectivity index (χ4v) is 2.36. The van der Waals surface area contributed by atoms with Crippen LogP contribution in [0.4, 0.5) is 4.39 Å². The Morgan fingerprint density at radius 3 is 2.28 bits per heavy atom. The average Bonchev–Trinajstić information content (AvgIpc) is 3.01. The molecular weight excluding hydrogens is 327 g/mol. The van der Waals surface area contributed by atoms with Crippen molar-refractivity contribution < 1.29 is 23.5 Å². The van der Waals surface area contributed by atoms with Gasteiger partial charge < -0.3 is 9.47 Å². The zero-order valence-corrected chi connectivity index (χ0v) is 13.6. The molecule has 0 N–H and O–H groups in total. The Labute approximate surface area is 143 Å². The van der Waals surface area contributed by atoms with Crippen LogP contribution in [-0.4, -0.2) is 22.8 Å². The average molecular weight is 342 g/mol. The van der Waals surface area contributed by atoms with Gasteiger partial charge in [-0.1, -0.05) is 12.1 Å². The normalized spacial score (nSPS) is 16.2. The van der Waals surface area contributed by atoms with E-state index >= 15 is 0 Å². The first kappa shape index (κ1) is 16.6. The van der Waals surface area contributed by atoms with E-state index in [1.165, 1.54) is 43.1 Å². The molecule has 1 heterocycles. The number of carbonyl (C=O) groups is 2. The Morgan fingerprint density at radius 1 is 1.08 bits per heavy atom. The van der Waals surface area contributed by atoms with E-state index in [0.717, 1.165) is 0 Å². The molecule has 128 valence electrons. The standard InChI is InChI=1S/C18H15FN2O4/c1-11(22)21-18(14-3-7-15(19)8-4-14)25-17(20-21)13-5-9-16(10-6-13)24-12(2)23/h3-10,18H,1-2H3/t18-/m0/s1. The maximum atomic E-state index is 13.1. The van der Waals surface area contributed by atoms with E-state index < -0.39 is 12.2 Å². The molecule has 0 fully saturated rings. The van der Waals surface area contributed by atoms with Crippen molar-refractivity contribution >= 4 is 17.8 Å². The first-order valence-corrected chi connectivity index (χ1v) is 7.53. The summed E-state index contributed by atoms with van der Waals surface area (Å²) in [6.45, 7) is 2.69. The Bertz CT molecular complexity index is 831. The molecule has 1 atom stereocenters. The summed E-state index contributed by atoms with van der Waals surface area (Å²) in [4.78, 5) is 22.8. The molecule has 1 aliphatic rings. The van der Waals surface area contributed by atoms with Gasteiger partial charge in [0.2, 0.25) is 18.0 Å². The first-order valence-electron chi connectivity index (χ1n) is 7.53. The minimum absolute atomic E-state index is 0.249. The van der Waals surface area contributed by atoms with Gasteiger partial charge in [0.1, 0.15) is 11.6 Å². The molecule has 0 saturated carbocycles. The number of carbonyl (C=O) groups excluding carboxylic acids is 2. The predicted molar refractivity (Wildman–Crippen MR) is 87.0 cm³/mol. The molecule has 0 radical (unpaired) electrons. The zero-order valence-electron chi connectivity index (χ0n) is 13.6. The van der Waals surface area contributed by atoms with Crippen molar-refractivity contribution in [1.29, 1.82) is 0 Å². The molecule has 2 aromatic rings. The number of rotatable bonds is 3. The summed E-state index contributed by atoms with van der Waals surface area (Å²) in [6, 6.07) is 12.2. The van der Waals surface area contributed by atoms with E-state index in [0.29, 0.717) is 16.9 Å². The Morgan fingerprint density at radius 2 is 1.72 bits per heavy atom. The summed E-state index contributed by atoms with van der Waals surface area (Å²) in [6.07, 6.45) is -0.763. The molecule has 25 heavy (non-hydrogen) atoms. The number of hydrogen-bond donors (Lipinski definition) is 0. The van der Waals surface area contributed by atoms with Gasteiger partial charge in [0.05, 0.1) is 0 Å². The molecule has 2 aromatic carbocycles. The Kier molecular flexibility index (Phi) is 4.47. The first-order chi connectivity index (χ1) is 11.9. The summed E-state index contributed by atoms with van der Waals surface area (Å²) in [5, 5.41) is 5.40. The van der Waals surface area contributed by atoms with E-state index in [1.54, 1.807) is 24.3 Å². The van der Waals surface area contributed by atoms with Gasteiger partial charge in [-0.15, -0.1) is 5.10 Å². The lowest BCUT2D eigenvalue weighted by atomic mass is 10.2. The summed E-state index contributed by atoms with van der Waals surface area (Å²) in [5.74, 6) is -0.451. The molecule has 0 saturated heterocycles. The van der Waals surface area contributed by atoms with Gasteiger partial charge in [0, 0.05) is 25.0 Å². The number of ether oxygens (including phenoxy) is 2. The van der Waals surface area contributed by atoms with Crippen molar-refractivity contribution in [3.05, 3.63) is 65.5 Å². The van der Waals surface area contributed by atoms with Gasteiger partial charge in [-0.2, -0.15) is 5.01 Å². The highest BCUT2D eigenvalue weighted by Crippen LogP contribution is 2.30. The molecule has 6 nitrogen and oxygen atoms in total. The highest BCUT2D eigenvalue weighted by molar-refractivity contribution is 5.96. The third-order valence-corrected chi connectivity index (χ3v) is 3.48. The summed E-state index contributed by atoms with van der Waals surface area (Å²) < 4.78 is 23.9. The van der Waals surface area contributed by atoms with Crippen molar-refractivity contribution in [2.75, 3.05) is 0 Å². The van der Waals surface area contributed by atoms with E-state index in [-0.39, 0.29) is 17.6 Å². The highest BCUT2D eigenvalue weighted by Gasteiger charge is 2.33. The van der Waals surface area contributed by atoms with Crippen molar-refractivity contribution in [3.63, 3.8) is 0 Å². The van der Waals surface area contributed by atoms with Crippen LogP contribution in [0.3, 0.4) is 0 Å². The molecule has 0 spiro atoms. The monoisotopic (exact) mass is 342 g/mol. The lowest BCUT2D eigenvalue weighted by Gasteiger charge is -2.19. The Balaban J connectivity index is 1.85. The van der Waals surface area contributed by atoms with Crippen molar-refractivity contribution in [1.82, 2.24) is 5.01 Å². The molecule has 0 unspecified atom stereocenters. The molecule has 0 aromatic heterocycles. The van der Waals surface area contributed by atoms with Crippen LogP contribution in [-0.2, 0) is 14.3 Å². The second kappa shape index (κ2) is 6.72. The van der Waals surface area contributed by atoms with E-state index in [4.69, 9.17) is 9.47 Å². The van der Waals surface area contributed by atoms with Crippen molar-refractivity contribution in [3.8, 4) is 5.75 Å². The van der Waals surface area contributed by atoms with Gasteiger partial charge in [-0.25, -0.2) is 4.39 Å². The maximum absolute atomic E-state index is 13.1. The van der Waals surface area contributed by atoms with E-state index in [2.05, 4.69) is 5.10 Å². The van der Waals surface area contributed by atoms with Crippen LogP contribution in [0.15, 0.2) is 53.6 Å². The number of amides is 1. The number of halogens is 1. The van der Waals surface area contributed by atoms with E-state index in [1.807, 2.05) is 0 Å². The van der Waals surface area contributed by atoms with Gasteiger partial charge >= 0.3 is 5.97 Å². The highest BCUT2D eigenvalue weighted by atomic mass is 19.1. The van der Waals surface area contributed by atoms with Crippen molar-refractivity contribution in [2.45, 2.75) is 20.1 Å². The summed E-state index contributed by atoms with van der Waals surface area (Å²) in [5.41, 5.74) is 1.22. The number of esters is 1.